The van der Waals surface area contributed by atoms with E-state index in [1.54, 1.807) is 0 Å². The summed E-state index contributed by atoms with van der Waals surface area (Å²) in [4.78, 5) is 6.87. The van der Waals surface area contributed by atoms with Crippen LogP contribution in [0.25, 0.3) is 0 Å². The molecule has 0 spiro atoms. The predicted octanol–water partition coefficient (Wildman–Crippen LogP) is 3.03. The molecule has 0 aliphatic carbocycles. The summed E-state index contributed by atoms with van der Waals surface area (Å²) in [5.41, 5.74) is 1.68. The Hall–Kier alpha value is -1.56. The van der Waals surface area contributed by atoms with Crippen LogP contribution in [-0.2, 0) is 0 Å². The molecular formula is C14H19N3. The molecule has 0 bridgehead atoms. The Balaban J connectivity index is 2.37. The van der Waals surface area contributed by atoms with Crippen LogP contribution in [0.1, 0.15) is 43.9 Å². The average Bonchev–Trinajstić information content (AvgIpc) is 2.54. The third-order valence-electron chi connectivity index (χ3n) is 3.46. The zero-order chi connectivity index (χ0) is 12.3. The van der Waals surface area contributed by atoms with Crippen molar-refractivity contribution >= 4 is 5.82 Å². The van der Waals surface area contributed by atoms with Gasteiger partial charge in [0.1, 0.15) is 11.9 Å². The van der Waals surface area contributed by atoms with Gasteiger partial charge in [-0.1, -0.05) is 12.8 Å². The fraction of sp³-hybridized carbons (Fsp3) is 0.571. The quantitative estimate of drug-likeness (QED) is 0.743. The molecule has 0 radical (unpaired) electrons. The summed E-state index contributed by atoms with van der Waals surface area (Å²) < 4.78 is 0. The second-order valence-corrected chi connectivity index (χ2v) is 4.83. The minimum absolute atomic E-state index is 0.485. The molecule has 1 atom stereocenters. The summed E-state index contributed by atoms with van der Waals surface area (Å²) in [5, 5.41) is 9.18. The second-order valence-electron chi connectivity index (χ2n) is 4.83. The second kappa shape index (κ2) is 5.18. The maximum absolute atomic E-state index is 9.18. The van der Waals surface area contributed by atoms with Crippen LogP contribution in [0.2, 0.25) is 0 Å². The van der Waals surface area contributed by atoms with E-state index in [4.69, 9.17) is 0 Å². The van der Waals surface area contributed by atoms with E-state index in [1.165, 1.54) is 25.7 Å². The molecule has 1 aromatic heterocycles. The summed E-state index contributed by atoms with van der Waals surface area (Å²) in [6, 6.07) is 6.53. The fourth-order valence-corrected chi connectivity index (χ4v) is 2.44. The van der Waals surface area contributed by atoms with Crippen molar-refractivity contribution in [3.8, 4) is 6.07 Å². The molecule has 0 aromatic carbocycles. The van der Waals surface area contributed by atoms with E-state index < -0.39 is 0 Å². The third-order valence-corrected chi connectivity index (χ3v) is 3.46. The van der Waals surface area contributed by atoms with Crippen molar-refractivity contribution < 1.29 is 0 Å². The number of nitriles is 1. The lowest BCUT2D eigenvalue weighted by Gasteiger charge is -2.29. The first-order valence-corrected chi connectivity index (χ1v) is 6.37. The van der Waals surface area contributed by atoms with Gasteiger partial charge in [0, 0.05) is 18.3 Å². The van der Waals surface area contributed by atoms with Crippen LogP contribution >= 0.6 is 0 Å². The van der Waals surface area contributed by atoms with E-state index in [1.807, 2.05) is 19.1 Å². The minimum atomic E-state index is 0.485. The van der Waals surface area contributed by atoms with Crippen molar-refractivity contribution in [3.63, 3.8) is 0 Å². The van der Waals surface area contributed by atoms with Gasteiger partial charge in [-0.3, -0.25) is 0 Å². The lowest BCUT2D eigenvalue weighted by molar-refractivity contribution is 0.610. The first-order chi connectivity index (χ1) is 8.22. The Morgan fingerprint density at radius 1 is 1.35 bits per heavy atom. The van der Waals surface area contributed by atoms with Crippen molar-refractivity contribution in [1.82, 2.24) is 4.98 Å². The van der Waals surface area contributed by atoms with Crippen LogP contribution in [0.4, 0.5) is 5.82 Å². The number of rotatable bonds is 1. The lowest BCUT2D eigenvalue weighted by Crippen LogP contribution is -2.33. The number of hydrogen-bond donors (Lipinski definition) is 0. The Morgan fingerprint density at radius 3 is 2.94 bits per heavy atom. The Labute approximate surface area is 103 Å². The topological polar surface area (TPSA) is 39.9 Å². The first-order valence-electron chi connectivity index (χ1n) is 6.37. The van der Waals surface area contributed by atoms with Gasteiger partial charge in [0.15, 0.2) is 0 Å². The predicted molar refractivity (Wildman–Crippen MR) is 69.0 cm³/mol. The van der Waals surface area contributed by atoms with E-state index in [0.717, 1.165) is 18.1 Å². The Kier molecular flexibility index (Phi) is 3.63. The largest absolute Gasteiger partial charge is 0.353 e. The molecule has 3 heteroatoms. The van der Waals surface area contributed by atoms with Gasteiger partial charge < -0.3 is 4.90 Å². The molecule has 1 aromatic rings. The van der Waals surface area contributed by atoms with Crippen LogP contribution < -0.4 is 4.90 Å². The number of hydrogen-bond acceptors (Lipinski definition) is 3. The van der Waals surface area contributed by atoms with Crippen molar-refractivity contribution in [1.29, 1.82) is 5.26 Å². The highest BCUT2D eigenvalue weighted by Crippen LogP contribution is 2.25. The van der Waals surface area contributed by atoms with E-state index >= 15 is 0 Å². The minimum Gasteiger partial charge on any atom is -0.353 e. The van der Waals surface area contributed by atoms with E-state index in [2.05, 4.69) is 22.9 Å². The van der Waals surface area contributed by atoms with Gasteiger partial charge in [-0.05, 0) is 38.8 Å². The number of nitrogens with zero attached hydrogens (tertiary/aromatic N) is 3. The zero-order valence-electron chi connectivity index (χ0n) is 10.6. The Bertz CT molecular complexity index is 434. The van der Waals surface area contributed by atoms with E-state index in [0.29, 0.717) is 11.6 Å². The number of pyridine rings is 1. The number of aryl methyl sites for hydroxylation is 1. The highest BCUT2D eigenvalue weighted by Gasteiger charge is 2.20. The summed E-state index contributed by atoms with van der Waals surface area (Å²) in [7, 11) is 0. The molecule has 1 unspecified atom stereocenters. The van der Waals surface area contributed by atoms with Crippen LogP contribution in [0.15, 0.2) is 12.1 Å². The SMILES string of the molecule is Cc1ccc(C#N)c(N2CCCCCC2C)n1. The van der Waals surface area contributed by atoms with Gasteiger partial charge in [0.25, 0.3) is 0 Å². The van der Waals surface area contributed by atoms with Gasteiger partial charge >= 0.3 is 0 Å². The molecular weight excluding hydrogens is 210 g/mol. The van der Waals surface area contributed by atoms with Gasteiger partial charge in [0.2, 0.25) is 0 Å². The molecule has 1 aliphatic heterocycles. The van der Waals surface area contributed by atoms with E-state index in [9.17, 15) is 5.26 Å². The summed E-state index contributed by atoms with van der Waals surface area (Å²) in [6.45, 7) is 5.23. The van der Waals surface area contributed by atoms with Gasteiger partial charge in [-0.15, -0.1) is 0 Å². The molecule has 17 heavy (non-hydrogen) atoms. The molecule has 0 N–H and O–H groups in total. The monoisotopic (exact) mass is 229 g/mol. The Morgan fingerprint density at radius 2 is 2.18 bits per heavy atom. The van der Waals surface area contributed by atoms with Gasteiger partial charge in [0.05, 0.1) is 5.56 Å². The molecule has 3 nitrogen and oxygen atoms in total. The smallest absolute Gasteiger partial charge is 0.147 e. The maximum atomic E-state index is 9.18. The molecule has 1 aliphatic rings. The van der Waals surface area contributed by atoms with Crippen LogP contribution in [0, 0.1) is 18.3 Å². The number of anilines is 1. The molecule has 1 fully saturated rings. The number of aromatic nitrogens is 1. The lowest BCUT2D eigenvalue weighted by atomic mass is 10.1. The van der Waals surface area contributed by atoms with Crippen LogP contribution in [-0.4, -0.2) is 17.6 Å². The molecule has 1 saturated heterocycles. The van der Waals surface area contributed by atoms with Crippen molar-refractivity contribution in [2.75, 3.05) is 11.4 Å². The first kappa shape index (κ1) is 11.9. The van der Waals surface area contributed by atoms with Crippen molar-refractivity contribution in [2.45, 2.75) is 45.6 Å². The standard InChI is InChI=1S/C14H19N3/c1-11-7-8-13(10-15)14(16-11)17-9-5-3-4-6-12(17)2/h7-8,12H,3-6,9H2,1-2H3. The summed E-state index contributed by atoms with van der Waals surface area (Å²) in [6.07, 6.45) is 4.96. The molecule has 0 amide bonds. The molecule has 0 saturated carbocycles. The highest BCUT2D eigenvalue weighted by molar-refractivity contribution is 5.55. The van der Waals surface area contributed by atoms with Crippen molar-refractivity contribution in [3.05, 3.63) is 23.4 Å². The summed E-state index contributed by atoms with van der Waals surface area (Å²) in [5.74, 6) is 0.877. The molecule has 2 rings (SSSR count). The maximum Gasteiger partial charge on any atom is 0.147 e. The average molecular weight is 229 g/mol. The van der Waals surface area contributed by atoms with Crippen LogP contribution in [0.5, 0.6) is 0 Å². The fourth-order valence-electron chi connectivity index (χ4n) is 2.44. The van der Waals surface area contributed by atoms with E-state index in [-0.39, 0.29) is 0 Å². The normalized spacial score (nSPS) is 20.8. The molecule has 90 valence electrons. The highest BCUT2D eigenvalue weighted by atomic mass is 15.2. The summed E-state index contributed by atoms with van der Waals surface area (Å²) >= 11 is 0. The van der Waals surface area contributed by atoms with Gasteiger partial charge in [-0.2, -0.15) is 5.26 Å². The van der Waals surface area contributed by atoms with Gasteiger partial charge in [-0.25, -0.2) is 4.98 Å². The van der Waals surface area contributed by atoms with Crippen molar-refractivity contribution in [2.24, 2.45) is 0 Å². The zero-order valence-corrected chi connectivity index (χ0v) is 10.6. The third kappa shape index (κ3) is 2.58. The molecule has 2 heterocycles. The van der Waals surface area contributed by atoms with Crippen LogP contribution in [0.3, 0.4) is 0 Å².